The molecule has 1 heterocycles. The molecule has 0 spiro atoms. The highest BCUT2D eigenvalue weighted by Gasteiger charge is 2.28. The molecule has 3 N–H and O–H groups in total. The number of benzene rings is 1. The van der Waals surface area contributed by atoms with Crippen molar-refractivity contribution in [2.24, 2.45) is 11.1 Å². The third kappa shape index (κ3) is 3.61. The number of sulfonamides is 1. The Hall–Kier alpha value is -1.44. The normalized spacial score (nSPS) is 22.3. The number of carbonyl (C=O) groups excluding carboxylic acids is 1. The van der Waals surface area contributed by atoms with Gasteiger partial charge in [-0.3, -0.25) is 4.79 Å². The molecule has 1 saturated heterocycles. The van der Waals surface area contributed by atoms with Gasteiger partial charge in [0, 0.05) is 5.69 Å². The van der Waals surface area contributed by atoms with E-state index < -0.39 is 10.0 Å². The van der Waals surface area contributed by atoms with Gasteiger partial charge in [-0.25, -0.2) is 13.6 Å². The van der Waals surface area contributed by atoms with Crippen LogP contribution in [0.4, 0.5) is 5.69 Å². The van der Waals surface area contributed by atoms with Crippen molar-refractivity contribution < 1.29 is 17.9 Å². The lowest BCUT2D eigenvalue weighted by Gasteiger charge is -2.15. The molecule has 6 nitrogen and oxygen atoms in total. The van der Waals surface area contributed by atoms with Crippen molar-refractivity contribution in [3.8, 4) is 0 Å². The van der Waals surface area contributed by atoms with Gasteiger partial charge in [-0.1, -0.05) is 0 Å². The van der Waals surface area contributed by atoms with E-state index in [0.717, 1.165) is 0 Å². The summed E-state index contributed by atoms with van der Waals surface area (Å²) in [6.45, 7) is 5.83. The van der Waals surface area contributed by atoms with Crippen LogP contribution in [0.1, 0.15) is 24.5 Å². The van der Waals surface area contributed by atoms with E-state index in [2.05, 4.69) is 5.32 Å². The number of anilines is 1. The first kappa shape index (κ1) is 15.9. The molecule has 0 saturated carbocycles. The molecule has 1 aliphatic rings. The minimum Gasteiger partial charge on any atom is -0.378 e. The van der Waals surface area contributed by atoms with Crippen LogP contribution in [0.3, 0.4) is 0 Å². The molecule has 21 heavy (non-hydrogen) atoms. The Morgan fingerprint density at radius 2 is 1.90 bits per heavy atom. The summed E-state index contributed by atoms with van der Waals surface area (Å²) in [5.74, 6) is -0.273. The van der Waals surface area contributed by atoms with Crippen LogP contribution in [0.2, 0.25) is 0 Å². The summed E-state index contributed by atoms with van der Waals surface area (Å²) in [7, 11) is -3.75. The van der Waals surface area contributed by atoms with E-state index in [0.29, 0.717) is 29.8 Å². The molecular weight excluding hydrogens is 292 g/mol. The average Bonchev–Trinajstić information content (AvgIpc) is 2.79. The Morgan fingerprint density at radius 1 is 1.33 bits per heavy atom. The van der Waals surface area contributed by atoms with Gasteiger partial charge in [0.2, 0.25) is 15.9 Å². The van der Waals surface area contributed by atoms with Crippen LogP contribution in [0.15, 0.2) is 17.0 Å². The van der Waals surface area contributed by atoms with Crippen LogP contribution in [0.5, 0.6) is 0 Å². The van der Waals surface area contributed by atoms with Crippen molar-refractivity contribution in [3.05, 3.63) is 23.3 Å². The van der Waals surface area contributed by atoms with Crippen LogP contribution in [0.25, 0.3) is 0 Å². The van der Waals surface area contributed by atoms with Crippen molar-refractivity contribution in [2.45, 2.75) is 38.2 Å². The first-order chi connectivity index (χ1) is 9.68. The Bertz CT molecular complexity index is 647. The number of nitrogens with one attached hydrogen (secondary N) is 1. The third-order valence-corrected chi connectivity index (χ3v) is 4.54. The first-order valence-corrected chi connectivity index (χ1v) is 8.29. The number of nitrogens with two attached hydrogens (primary N) is 1. The molecule has 116 valence electrons. The maximum atomic E-state index is 12.2. The number of ether oxygens (including phenoxy) is 1. The number of hydrogen-bond acceptors (Lipinski definition) is 4. The second-order valence-electron chi connectivity index (χ2n) is 5.54. The zero-order chi connectivity index (χ0) is 15.8. The fraction of sp³-hybridized carbons (Fsp3) is 0.500. The predicted molar refractivity (Wildman–Crippen MR) is 79.4 cm³/mol. The molecular formula is C14H20N2O4S. The SMILES string of the molecule is Cc1cc(S(N)(=O)=O)cc(C)c1NC(=O)C1COC(C)C1. The molecule has 1 fully saturated rings. The van der Waals surface area contributed by atoms with E-state index in [-0.39, 0.29) is 22.8 Å². The summed E-state index contributed by atoms with van der Waals surface area (Å²) in [5, 5.41) is 7.99. The Balaban J connectivity index is 2.23. The number of carbonyl (C=O) groups is 1. The average molecular weight is 312 g/mol. The predicted octanol–water partition coefficient (Wildman–Crippen LogP) is 1.31. The van der Waals surface area contributed by atoms with E-state index in [1.807, 2.05) is 6.92 Å². The molecule has 0 radical (unpaired) electrons. The largest absolute Gasteiger partial charge is 0.378 e. The van der Waals surface area contributed by atoms with Crippen molar-refractivity contribution >= 4 is 21.6 Å². The Morgan fingerprint density at radius 3 is 2.33 bits per heavy atom. The second kappa shape index (κ2) is 5.75. The summed E-state index contributed by atoms with van der Waals surface area (Å²) >= 11 is 0. The van der Waals surface area contributed by atoms with Gasteiger partial charge in [0.1, 0.15) is 0 Å². The molecule has 1 amide bonds. The van der Waals surface area contributed by atoms with E-state index in [4.69, 9.17) is 9.88 Å². The quantitative estimate of drug-likeness (QED) is 0.879. The smallest absolute Gasteiger partial charge is 0.238 e. The zero-order valence-corrected chi connectivity index (χ0v) is 13.2. The summed E-state index contributed by atoms with van der Waals surface area (Å²) in [5.41, 5.74) is 1.96. The maximum Gasteiger partial charge on any atom is 0.238 e. The van der Waals surface area contributed by atoms with Crippen molar-refractivity contribution in [2.75, 3.05) is 11.9 Å². The molecule has 2 rings (SSSR count). The first-order valence-electron chi connectivity index (χ1n) is 6.75. The number of primary sulfonamides is 1. The molecule has 1 aromatic carbocycles. The van der Waals surface area contributed by atoms with Gasteiger partial charge >= 0.3 is 0 Å². The number of aryl methyl sites for hydroxylation is 2. The van der Waals surface area contributed by atoms with Crippen LogP contribution < -0.4 is 10.5 Å². The topological polar surface area (TPSA) is 98.5 Å². The Labute approximate surface area is 124 Å². The van der Waals surface area contributed by atoms with E-state index in [1.165, 1.54) is 12.1 Å². The van der Waals surface area contributed by atoms with E-state index in [1.54, 1.807) is 13.8 Å². The van der Waals surface area contributed by atoms with Gasteiger partial charge in [0.15, 0.2) is 0 Å². The minimum atomic E-state index is -3.75. The summed E-state index contributed by atoms with van der Waals surface area (Å²) in [4.78, 5) is 12.3. The van der Waals surface area contributed by atoms with Gasteiger partial charge in [-0.05, 0) is 50.5 Å². The molecule has 2 atom stereocenters. The summed E-state index contributed by atoms with van der Waals surface area (Å²) < 4.78 is 28.2. The van der Waals surface area contributed by atoms with Gasteiger partial charge in [-0.15, -0.1) is 0 Å². The fourth-order valence-electron chi connectivity index (χ4n) is 2.51. The highest BCUT2D eigenvalue weighted by molar-refractivity contribution is 7.89. The molecule has 0 bridgehead atoms. The van der Waals surface area contributed by atoms with E-state index in [9.17, 15) is 13.2 Å². The number of amides is 1. The molecule has 7 heteroatoms. The van der Waals surface area contributed by atoms with E-state index >= 15 is 0 Å². The van der Waals surface area contributed by atoms with Gasteiger partial charge in [0.25, 0.3) is 0 Å². The number of hydrogen-bond donors (Lipinski definition) is 2. The standard InChI is InChI=1S/C14H20N2O4S/c1-8-4-12(21(15,18)19)5-9(2)13(8)16-14(17)11-6-10(3)20-7-11/h4-5,10-11H,6-7H2,1-3H3,(H,16,17)(H2,15,18,19). The lowest BCUT2D eigenvalue weighted by atomic mass is 10.0. The van der Waals surface area contributed by atoms with Crippen LogP contribution >= 0.6 is 0 Å². The molecule has 2 unspecified atom stereocenters. The summed E-state index contributed by atoms with van der Waals surface area (Å²) in [6.07, 6.45) is 0.784. The van der Waals surface area contributed by atoms with Crippen molar-refractivity contribution in [1.82, 2.24) is 0 Å². The lowest BCUT2D eigenvalue weighted by molar-refractivity contribution is -0.119. The Kier molecular flexibility index (Phi) is 4.36. The fourth-order valence-corrected chi connectivity index (χ4v) is 3.19. The second-order valence-corrected chi connectivity index (χ2v) is 7.10. The molecule has 1 aliphatic heterocycles. The zero-order valence-electron chi connectivity index (χ0n) is 12.3. The highest BCUT2D eigenvalue weighted by atomic mass is 32.2. The highest BCUT2D eigenvalue weighted by Crippen LogP contribution is 2.26. The van der Waals surface area contributed by atoms with Crippen LogP contribution in [0, 0.1) is 19.8 Å². The molecule has 0 aromatic heterocycles. The van der Waals surface area contributed by atoms with Crippen molar-refractivity contribution in [1.29, 1.82) is 0 Å². The van der Waals surface area contributed by atoms with Crippen LogP contribution in [-0.4, -0.2) is 27.0 Å². The summed E-state index contributed by atoms with van der Waals surface area (Å²) in [6, 6.07) is 2.93. The van der Waals surface area contributed by atoms with Gasteiger partial charge in [0.05, 0.1) is 23.5 Å². The molecule has 1 aromatic rings. The van der Waals surface area contributed by atoms with Crippen LogP contribution in [-0.2, 0) is 19.6 Å². The van der Waals surface area contributed by atoms with Gasteiger partial charge < -0.3 is 10.1 Å². The maximum absolute atomic E-state index is 12.2. The minimum absolute atomic E-state index is 0.0494. The molecule has 0 aliphatic carbocycles. The third-order valence-electron chi connectivity index (χ3n) is 3.65. The monoisotopic (exact) mass is 312 g/mol. The lowest BCUT2D eigenvalue weighted by Crippen LogP contribution is -2.24. The van der Waals surface area contributed by atoms with Crippen molar-refractivity contribution in [3.63, 3.8) is 0 Å². The van der Waals surface area contributed by atoms with Gasteiger partial charge in [-0.2, -0.15) is 0 Å². The number of rotatable bonds is 3.